The average Bonchev–Trinajstić information content (AvgIpc) is 2.91. The molecule has 2 rings (SSSR count). The number of nitrogens with zero attached hydrogens (tertiary/aromatic N) is 1. The zero-order chi connectivity index (χ0) is 13.0. The highest BCUT2D eigenvalue weighted by Gasteiger charge is 2.14. The minimum Gasteiger partial charge on any atom is -0.302 e. The summed E-state index contributed by atoms with van der Waals surface area (Å²) in [5.74, 6) is 0. The van der Waals surface area contributed by atoms with Crippen LogP contribution in [-0.2, 0) is 0 Å². The molecule has 2 unspecified atom stereocenters. The van der Waals surface area contributed by atoms with Crippen LogP contribution in [0.15, 0.2) is 39.6 Å². The fourth-order valence-corrected chi connectivity index (χ4v) is 2.88. The van der Waals surface area contributed by atoms with E-state index in [0.717, 1.165) is 16.6 Å². The van der Waals surface area contributed by atoms with Crippen molar-refractivity contribution in [2.45, 2.75) is 32.4 Å². The molecule has 0 fully saturated rings. The summed E-state index contributed by atoms with van der Waals surface area (Å²) in [7, 11) is 0. The van der Waals surface area contributed by atoms with Crippen LogP contribution in [0.2, 0.25) is 0 Å². The second kappa shape index (κ2) is 6.45. The summed E-state index contributed by atoms with van der Waals surface area (Å²) in [6.07, 6.45) is 1.07. The molecular formula is C14H17BrN2S. The molecule has 0 spiro atoms. The summed E-state index contributed by atoms with van der Waals surface area (Å²) in [5.41, 5.74) is 4.33. The Balaban J connectivity index is 2.07. The van der Waals surface area contributed by atoms with Crippen LogP contribution < -0.4 is 5.32 Å². The quantitative estimate of drug-likeness (QED) is 0.861. The molecule has 0 aliphatic rings. The highest BCUT2D eigenvalue weighted by molar-refractivity contribution is 9.10. The second-order valence-corrected chi connectivity index (χ2v) is 5.95. The maximum atomic E-state index is 4.36. The third kappa shape index (κ3) is 3.40. The predicted octanol–water partition coefficient (Wildman–Crippen LogP) is 4.71. The van der Waals surface area contributed by atoms with Crippen LogP contribution in [0, 0.1) is 0 Å². The van der Waals surface area contributed by atoms with Gasteiger partial charge in [0.2, 0.25) is 0 Å². The monoisotopic (exact) mass is 324 g/mol. The lowest BCUT2D eigenvalue weighted by Crippen LogP contribution is -2.24. The average molecular weight is 325 g/mol. The topological polar surface area (TPSA) is 24.9 Å². The molecule has 1 aromatic heterocycles. The van der Waals surface area contributed by atoms with Crippen molar-refractivity contribution in [3.8, 4) is 0 Å². The van der Waals surface area contributed by atoms with Crippen LogP contribution in [0.4, 0.5) is 0 Å². The van der Waals surface area contributed by atoms with E-state index in [1.54, 1.807) is 11.3 Å². The minimum absolute atomic E-state index is 0.282. The Kier molecular flexibility index (Phi) is 4.92. The summed E-state index contributed by atoms with van der Waals surface area (Å²) >= 11 is 5.11. The molecule has 0 aliphatic heterocycles. The molecule has 0 radical (unpaired) electrons. The van der Waals surface area contributed by atoms with Crippen LogP contribution in [0.5, 0.6) is 0 Å². The van der Waals surface area contributed by atoms with Gasteiger partial charge < -0.3 is 5.32 Å². The zero-order valence-corrected chi connectivity index (χ0v) is 13.0. The molecule has 96 valence electrons. The number of thiazole rings is 1. The van der Waals surface area contributed by atoms with E-state index in [4.69, 9.17) is 0 Å². The lowest BCUT2D eigenvalue weighted by atomic mass is 10.0. The summed E-state index contributed by atoms with van der Waals surface area (Å²) in [4.78, 5) is 4.36. The molecule has 1 aromatic carbocycles. The summed E-state index contributed by atoms with van der Waals surface area (Å²) < 4.78 is 1.12. The van der Waals surface area contributed by atoms with Crippen LogP contribution in [0.1, 0.15) is 43.6 Å². The van der Waals surface area contributed by atoms with E-state index in [2.05, 4.69) is 69.7 Å². The molecule has 0 aliphatic carbocycles. The molecule has 0 saturated carbocycles. The Bertz CT molecular complexity index is 467. The number of rotatable bonds is 5. The predicted molar refractivity (Wildman–Crippen MR) is 80.8 cm³/mol. The van der Waals surface area contributed by atoms with Crippen LogP contribution in [0.3, 0.4) is 0 Å². The van der Waals surface area contributed by atoms with Gasteiger partial charge in [0.05, 0.1) is 11.2 Å². The first-order valence-electron chi connectivity index (χ1n) is 6.10. The molecular weight excluding hydrogens is 308 g/mol. The SMILES string of the molecule is CCC(NC(C)c1cscn1)c1ccc(Br)cc1. The molecule has 18 heavy (non-hydrogen) atoms. The molecule has 2 aromatic rings. The summed E-state index contributed by atoms with van der Waals surface area (Å²) in [6, 6.07) is 9.16. The van der Waals surface area contributed by atoms with E-state index < -0.39 is 0 Å². The van der Waals surface area contributed by atoms with Crippen LogP contribution in [-0.4, -0.2) is 4.98 Å². The summed E-state index contributed by atoms with van der Waals surface area (Å²) in [5, 5.41) is 5.74. The standard InChI is InChI=1S/C14H17BrN2S/c1-3-13(11-4-6-12(15)7-5-11)17-10(2)14-8-18-9-16-14/h4-10,13,17H,3H2,1-2H3. The van der Waals surface area contributed by atoms with Crippen molar-refractivity contribution >= 4 is 27.3 Å². The number of aromatic nitrogens is 1. The van der Waals surface area contributed by atoms with Gasteiger partial charge in [0.25, 0.3) is 0 Å². The lowest BCUT2D eigenvalue weighted by Gasteiger charge is -2.21. The Hall–Kier alpha value is -0.710. The Morgan fingerprint density at radius 3 is 2.61 bits per heavy atom. The maximum absolute atomic E-state index is 4.36. The van der Waals surface area contributed by atoms with E-state index in [9.17, 15) is 0 Å². The van der Waals surface area contributed by atoms with Crippen molar-refractivity contribution in [1.29, 1.82) is 0 Å². The fourth-order valence-electron chi connectivity index (χ4n) is 1.97. The van der Waals surface area contributed by atoms with Crippen molar-refractivity contribution in [2.75, 3.05) is 0 Å². The molecule has 1 N–H and O–H groups in total. The Labute approximate surface area is 121 Å². The van der Waals surface area contributed by atoms with Gasteiger partial charge in [-0.05, 0) is 31.0 Å². The van der Waals surface area contributed by atoms with Gasteiger partial charge in [-0.15, -0.1) is 11.3 Å². The first-order chi connectivity index (χ1) is 8.70. The Morgan fingerprint density at radius 1 is 1.33 bits per heavy atom. The third-order valence-electron chi connectivity index (χ3n) is 3.03. The molecule has 4 heteroatoms. The minimum atomic E-state index is 0.282. The molecule has 0 amide bonds. The molecule has 2 atom stereocenters. The van der Waals surface area contributed by atoms with Crippen LogP contribution >= 0.6 is 27.3 Å². The third-order valence-corrected chi connectivity index (χ3v) is 4.16. The normalized spacial score (nSPS) is 14.4. The lowest BCUT2D eigenvalue weighted by molar-refractivity contribution is 0.451. The second-order valence-electron chi connectivity index (χ2n) is 4.31. The van der Waals surface area contributed by atoms with E-state index in [0.29, 0.717) is 6.04 Å². The van der Waals surface area contributed by atoms with Gasteiger partial charge >= 0.3 is 0 Å². The smallest absolute Gasteiger partial charge is 0.0795 e. The largest absolute Gasteiger partial charge is 0.302 e. The van der Waals surface area contributed by atoms with Crippen molar-refractivity contribution in [1.82, 2.24) is 10.3 Å². The van der Waals surface area contributed by atoms with Gasteiger partial charge in [0, 0.05) is 21.9 Å². The number of nitrogens with one attached hydrogen (secondary N) is 1. The number of halogens is 1. The van der Waals surface area contributed by atoms with Gasteiger partial charge in [-0.1, -0.05) is 35.0 Å². The number of hydrogen-bond acceptors (Lipinski definition) is 3. The van der Waals surface area contributed by atoms with E-state index >= 15 is 0 Å². The zero-order valence-electron chi connectivity index (χ0n) is 10.6. The number of benzene rings is 1. The van der Waals surface area contributed by atoms with Crippen LogP contribution in [0.25, 0.3) is 0 Å². The molecule has 0 bridgehead atoms. The van der Waals surface area contributed by atoms with Crippen molar-refractivity contribution in [2.24, 2.45) is 0 Å². The molecule has 1 heterocycles. The maximum Gasteiger partial charge on any atom is 0.0795 e. The highest BCUT2D eigenvalue weighted by Crippen LogP contribution is 2.23. The van der Waals surface area contributed by atoms with Crippen molar-refractivity contribution in [3.63, 3.8) is 0 Å². The fraction of sp³-hybridized carbons (Fsp3) is 0.357. The van der Waals surface area contributed by atoms with Gasteiger partial charge in [-0.3, -0.25) is 0 Å². The summed E-state index contributed by atoms with van der Waals surface area (Å²) in [6.45, 7) is 4.37. The van der Waals surface area contributed by atoms with Gasteiger partial charge in [0.1, 0.15) is 0 Å². The highest BCUT2D eigenvalue weighted by atomic mass is 79.9. The molecule has 2 nitrogen and oxygen atoms in total. The first-order valence-corrected chi connectivity index (χ1v) is 7.84. The van der Waals surface area contributed by atoms with Gasteiger partial charge in [-0.2, -0.15) is 0 Å². The van der Waals surface area contributed by atoms with Crippen molar-refractivity contribution in [3.05, 3.63) is 50.9 Å². The van der Waals surface area contributed by atoms with Gasteiger partial charge in [0.15, 0.2) is 0 Å². The van der Waals surface area contributed by atoms with E-state index in [1.165, 1.54) is 5.56 Å². The van der Waals surface area contributed by atoms with E-state index in [-0.39, 0.29) is 6.04 Å². The first kappa shape index (κ1) is 13.7. The van der Waals surface area contributed by atoms with Gasteiger partial charge in [-0.25, -0.2) is 4.98 Å². The van der Waals surface area contributed by atoms with E-state index in [1.807, 2.05) is 5.51 Å². The molecule has 0 saturated heterocycles. The van der Waals surface area contributed by atoms with Crippen molar-refractivity contribution < 1.29 is 0 Å². The number of hydrogen-bond donors (Lipinski definition) is 1. The Morgan fingerprint density at radius 2 is 2.06 bits per heavy atom.